The molecule has 66 heavy (non-hydrogen) atoms. The Morgan fingerprint density at radius 3 is 1.48 bits per heavy atom. The number of nitrogens with two attached hydrogens (primary N) is 1. The zero-order valence-corrected chi connectivity index (χ0v) is 46.1. The Hall–Kier alpha value is -1.65. The van der Waals surface area contributed by atoms with E-state index in [0.717, 1.165) is 45.3 Å². The van der Waals surface area contributed by atoms with Crippen LogP contribution in [0, 0.1) is 22.2 Å². The summed E-state index contributed by atoms with van der Waals surface area (Å²) in [5, 5.41) is 4.91. The number of hydrogen-bond donors (Lipinski definition) is 1. The van der Waals surface area contributed by atoms with Crippen LogP contribution in [0.4, 0.5) is 0 Å². The number of allylic oxidation sites excluding steroid dienone is 8. The maximum absolute atomic E-state index is 6.71. The van der Waals surface area contributed by atoms with Crippen LogP contribution in [0.3, 0.4) is 0 Å². The molecule has 4 heteroatoms. The van der Waals surface area contributed by atoms with Gasteiger partial charge in [0.2, 0.25) is 0 Å². The zero-order chi connectivity index (χ0) is 48.5. The fraction of sp³-hybridized carbons (Fsp3) is 0.855. The normalized spacial score (nSPS) is 17.7. The molecule has 1 saturated heterocycles. The van der Waals surface area contributed by atoms with Gasteiger partial charge >= 0.3 is 0 Å². The molecule has 0 aromatic rings. The molecular formula is C62H116N2O2. The molecule has 4 atom stereocenters. The Balaban J connectivity index is 2.52. The van der Waals surface area contributed by atoms with Crippen LogP contribution in [0.15, 0.2) is 53.8 Å². The van der Waals surface area contributed by atoms with Crippen molar-refractivity contribution in [3.8, 4) is 0 Å². The minimum Gasteiger partial charge on any atom is -0.396 e. The summed E-state index contributed by atoms with van der Waals surface area (Å²) in [6.07, 6.45) is 65.2. The van der Waals surface area contributed by atoms with Crippen molar-refractivity contribution in [1.82, 2.24) is 0 Å². The fourth-order valence-corrected chi connectivity index (χ4v) is 9.51. The van der Waals surface area contributed by atoms with Gasteiger partial charge in [0.05, 0.1) is 17.9 Å². The number of rotatable bonds is 45. The number of hydrogen-bond acceptors (Lipinski definition) is 4. The Morgan fingerprint density at radius 1 is 0.561 bits per heavy atom. The molecule has 0 saturated carbocycles. The lowest BCUT2D eigenvalue weighted by Crippen LogP contribution is -2.40. The second kappa shape index (κ2) is 41.2. The number of nitrogens with zero attached hydrogens (tertiary/aromatic N) is 1. The molecular weight excluding hydrogens is 805 g/mol. The summed E-state index contributed by atoms with van der Waals surface area (Å²) in [4.78, 5) is 6.29. The number of unbranched alkanes of at least 4 members (excludes halogenated alkanes) is 19. The first-order valence-corrected chi connectivity index (χ1v) is 29.1. The van der Waals surface area contributed by atoms with Crippen LogP contribution in [0.2, 0.25) is 0 Å². The molecule has 2 N–H and O–H groups in total. The van der Waals surface area contributed by atoms with Gasteiger partial charge in [-0.1, -0.05) is 212 Å². The maximum Gasteiger partial charge on any atom is 0.120 e. The van der Waals surface area contributed by atoms with Crippen molar-refractivity contribution in [3.05, 3.63) is 48.6 Å². The molecule has 1 aliphatic heterocycles. The summed E-state index contributed by atoms with van der Waals surface area (Å²) in [6, 6.07) is 0. The molecule has 4 nitrogen and oxygen atoms in total. The summed E-state index contributed by atoms with van der Waals surface area (Å²) < 4.78 is 6.71. The van der Waals surface area contributed by atoms with Gasteiger partial charge in [0.1, 0.15) is 6.61 Å². The average Bonchev–Trinajstić information content (AvgIpc) is 3.31. The molecule has 0 amide bonds. The Labute approximate surface area is 414 Å². The maximum atomic E-state index is 6.71. The van der Waals surface area contributed by atoms with Gasteiger partial charge in [-0.25, -0.2) is 0 Å². The van der Waals surface area contributed by atoms with E-state index < -0.39 is 0 Å². The molecule has 386 valence electrons. The molecule has 1 aliphatic rings. The first-order valence-electron chi connectivity index (χ1n) is 29.1. The van der Waals surface area contributed by atoms with Crippen molar-refractivity contribution in [2.45, 2.75) is 306 Å². The Bertz CT molecular complexity index is 1190. The Morgan fingerprint density at radius 2 is 1.02 bits per heavy atom. The van der Waals surface area contributed by atoms with Gasteiger partial charge in [-0.15, -0.1) is 0 Å². The van der Waals surface area contributed by atoms with E-state index in [1.807, 2.05) is 0 Å². The van der Waals surface area contributed by atoms with Crippen LogP contribution in [0.5, 0.6) is 0 Å². The van der Waals surface area contributed by atoms with Crippen LogP contribution in [-0.4, -0.2) is 31.1 Å². The van der Waals surface area contributed by atoms with E-state index in [1.54, 1.807) is 0 Å². The van der Waals surface area contributed by atoms with Crippen LogP contribution in [-0.2, 0) is 9.57 Å². The number of ether oxygens (including phenoxy) is 1. The molecule has 1 heterocycles. The molecule has 0 aliphatic carbocycles. The van der Waals surface area contributed by atoms with Gasteiger partial charge in [0.25, 0.3) is 0 Å². The largest absolute Gasteiger partial charge is 0.396 e. The van der Waals surface area contributed by atoms with E-state index in [2.05, 4.69) is 111 Å². The average molecular weight is 922 g/mol. The van der Waals surface area contributed by atoms with Gasteiger partial charge < -0.3 is 15.3 Å². The van der Waals surface area contributed by atoms with Gasteiger partial charge in [-0.3, -0.25) is 0 Å². The molecule has 0 aromatic carbocycles. The lowest BCUT2D eigenvalue weighted by Gasteiger charge is -2.42. The highest BCUT2D eigenvalue weighted by Crippen LogP contribution is 2.43. The Kier molecular flexibility index (Phi) is 38.9. The highest BCUT2D eigenvalue weighted by molar-refractivity contribution is 5.83. The van der Waals surface area contributed by atoms with E-state index in [1.165, 1.54) is 205 Å². The summed E-state index contributed by atoms with van der Waals surface area (Å²) >= 11 is 0. The van der Waals surface area contributed by atoms with E-state index in [-0.39, 0.29) is 16.2 Å². The van der Waals surface area contributed by atoms with E-state index >= 15 is 0 Å². The third-order valence-corrected chi connectivity index (χ3v) is 16.2. The minimum absolute atomic E-state index is 0.148. The van der Waals surface area contributed by atoms with Crippen LogP contribution in [0.25, 0.3) is 0 Å². The highest BCUT2D eigenvalue weighted by Gasteiger charge is 2.36. The standard InChI is InChI=1S/C62H116N2O2/c1-10-13-15-17-19-21-23-25-27-29-31-33-35-37-39-41-46-57(47-42-40-38-36-34-32-30-28-26-24-22-20-18-16-14-11-2)64-65-54-56(4)62(9,12-3)52-44-43-48-58-49-45-50-59(66-58)51-53-60(5,6)61(7,8)55-63/h19-22,25-28,56,58-59H,10-18,23-24,29-55,63H2,1-9H3. The smallest absolute Gasteiger partial charge is 0.120 e. The van der Waals surface area contributed by atoms with Gasteiger partial charge in [-0.2, -0.15) is 0 Å². The second-order valence-corrected chi connectivity index (χ2v) is 22.6. The van der Waals surface area contributed by atoms with Crippen LogP contribution >= 0.6 is 0 Å². The molecule has 1 fully saturated rings. The van der Waals surface area contributed by atoms with Crippen LogP contribution < -0.4 is 5.73 Å². The predicted molar refractivity (Wildman–Crippen MR) is 296 cm³/mol. The first kappa shape index (κ1) is 62.4. The van der Waals surface area contributed by atoms with E-state index in [9.17, 15) is 0 Å². The quantitative estimate of drug-likeness (QED) is 0.0287. The SMILES string of the molecule is CCCCCC=CCC=CCCCCCCCCC(CCCCCCCCC=CCC=CCCCCC)=NOCC(C)C(C)(CC)CCCCC1CCCC(CCC(C)(C)C(C)(C)CN)O1. The summed E-state index contributed by atoms with van der Waals surface area (Å²) in [6.45, 7) is 22.7. The van der Waals surface area contributed by atoms with E-state index in [4.69, 9.17) is 20.5 Å². The lowest BCUT2D eigenvalue weighted by atomic mass is 9.65. The van der Waals surface area contributed by atoms with Crippen molar-refractivity contribution in [2.75, 3.05) is 13.2 Å². The van der Waals surface area contributed by atoms with Crippen molar-refractivity contribution >= 4 is 5.71 Å². The fourth-order valence-electron chi connectivity index (χ4n) is 9.51. The topological polar surface area (TPSA) is 56.8 Å². The summed E-state index contributed by atoms with van der Waals surface area (Å²) in [5.74, 6) is 0.479. The lowest BCUT2D eigenvalue weighted by molar-refractivity contribution is -0.0653. The third kappa shape index (κ3) is 32.2. The third-order valence-electron chi connectivity index (χ3n) is 16.2. The number of oxime groups is 1. The first-order chi connectivity index (χ1) is 31.9. The second-order valence-electron chi connectivity index (χ2n) is 22.6. The highest BCUT2D eigenvalue weighted by atomic mass is 16.6. The van der Waals surface area contributed by atoms with Gasteiger partial charge in [0.15, 0.2) is 0 Å². The van der Waals surface area contributed by atoms with Gasteiger partial charge in [0, 0.05) is 0 Å². The molecule has 0 radical (unpaired) electrons. The molecule has 4 unspecified atom stereocenters. The van der Waals surface area contributed by atoms with Crippen molar-refractivity contribution in [2.24, 2.45) is 33.1 Å². The molecule has 0 bridgehead atoms. The molecule has 0 aromatic heterocycles. The molecule has 1 rings (SSSR count). The predicted octanol–water partition coefficient (Wildman–Crippen LogP) is 20.1. The van der Waals surface area contributed by atoms with Crippen LogP contribution in [0.1, 0.15) is 293 Å². The van der Waals surface area contributed by atoms with Crippen molar-refractivity contribution in [3.63, 3.8) is 0 Å². The minimum atomic E-state index is 0.148. The summed E-state index contributed by atoms with van der Waals surface area (Å²) in [7, 11) is 0. The van der Waals surface area contributed by atoms with Crippen molar-refractivity contribution < 1.29 is 9.57 Å². The van der Waals surface area contributed by atoms with Crippen molar-refractivity contribution in [1.29, 1.82) is 0 Å². The molecule has 0 spiro atoms. The van der Waals surface area contributed by atoms with Gasteiger partial charge in [-0.05, 0) is 164 Å². The summed E-state index contributed by atoms with van der Waals surface area (Å²) in [5.41, 5.74) is 8.11. The van der Waals surface area contributed by atoms with E-state index in [0.29, 0.717) is 18.1 Å². The monoisotopic (exact) mass is 921 g/mol. The zero-order valence-electron chi connectivity index (χ0n) is 46.1.